The average molecular weight is 383 g/mol. The van der Waals surface area contributed by atoms with Gasteiger partial charge in [-0.1, -0.05) is 74.4 Å². The number of amides is 1. The largest absolute Gasteiger partial charge is 0.277 e. The van der Waals surface area contributed by atoms with E-state index in [4.69, 9.17) is 0 Å². The maximum atomic E-state index is 13.1. The Kier molecular flexibility index (Phi) is 7.04. The lowest BCUT2D eigenvalue weighted by Gasteiger charge is -2.24. The second-order valence-electron chi connectivity index (χ2n) is 8.80. The zero-order valence-corrected chi connectivity index (χ0v) is 18.3. The van der Waals surface area contributed by atoms with Crippen molar-refractivity contribution in [3.05, 3.63) is 28.8 Å². The van der Waals surface area contributed by atoms with Gasteiger partial charge in [0.2, 0.25) is 5.91 Å². The highest BCUT2D eigenvalue weighted by atomic mass is 32.2. The number of rotatable bonds is 6. The maximum absolute atomic E-state index is 13.1. The lowest BCUT2D eigenvalue weighted by molar-refractivity contribution is -0.129. The fourth-order valence-electron chi connectivity index (χ4n) is 2.55. The van der Waals surface area contributed by atoms with Crippen molar-refractivity contribution in [1.29, 1.82) is 0 Å². The van der Waals surface area contributed by atoms with Crippen LogP contribution in [0.15, 0.2) is 17.0 Å². The summed E-state index contributed by atoms with van der Waals surface area (Å²) in [4.78, 5) is 14.7. The second kappa shape index (κ2) is 8.09. The molecule has 1 aromatic rings. The smallest absolute Gasteiger partial charge is 0.257 e. The van der Waals surface area contributed by atoms with Crippen molar-refractivity contribution in [3.8, 4) is 0 Å². The van der Waals surface area contributed by atoms with E-state index in [0.717, 1.165) is 16.7 Å². The van der Waals surface area contributed by atoms with E-state index in [1.165, 1.54) is 0 Å². The Bertz CT molecular complexity index is 729. The summed E-state index contributed by atoms with van der Waals surface area (Å²) in [5.74, 6) is -0.000406. The highest BCUT2D eigenvalue weighted by molar-refractivity contribution is 7.89. The van der Waals surface area contributed by atoms with Gasteiger partial charge >= 0.3 is 0 Å². The van der Waals surface area contributed by atoms with Gasteiger partial charge in [0.25, 0.3) is 10.0 Å². The van der Waals surface area contributed by atoms with Gasteiger partial charge in [0, 0.05) is 5.41 Å². The molecule has 0 aliphatic carbocycles. The molecule has 2 N–H and O–H groups in total. The Balaban J connectivity index is 3.51. The number of nitrogens with one attached hydrogen (secondary N) is 2. The number of sulfonamides is 1. The first-order valence-electron chi connectivity index (χ1n) is 9.18. The molecule has 0 radical (unpaired) electrons. The van der Waals surface area contributed by atoms with Crippen molar-refractivity contribution in [1.82, 2.24) is 10.3 Å². The molecule has 0 aliphatic heterocycles. The molecule has 6 heteroatoms. The van der Waals surface area contributed by atoms with E-state index in [-0.39, 0.29) is 22.6 Å². The Labute approximate surface area is 159 Å². The van der Waals surface area contributed by atoms with Gasteiger partial charge in [-0.3, -0.25) is 10.2 Å². The molecule has 0 atom stereocenters. The van der Waals surface area contributed by atoms with Gasteiger partial charge in [-0.05, 0) is 34.4 Å². The van der Waals surface area contributed by atoms with Crippen LogP contribution in [-0.4, -0.2) is 14.3 Å². The second-order valence-corrected chi connectivity index (χ2v) is 10.4. The molecule has 0 saturated carbocycles. The summed E-state index contributed by atoms with van der Waals surface area (Å²) in [6, 6.07) is 3.95. The number of benzene rings is 1. The van der Waals surface area contributed by atoms with Crippen molar-refractivity contribution < 1.29 is 13.2 Å². The average Bonchev–Trinajstić information content (AvgIpc) is 2.49. The van der Waals surface area contributed by atoms with Crippen molar-refractivity contribution in [2.45, 2.75) is 85.0 Å². The molecule has 148 valence electrons. The molecule has 0 aliphatic rings. The van der Waals surface area contributed by atoms with E-state index in [2.05, 4.69) is 24.1 Å². The quantitative estimate of drug-likeness (QED) is 0.716. The summed E-state index contributed by atoms with van der Waals surface area (Å²) < 4.78 is 26.1. The molecule has 0 fully saturated rings. The number of carbonyl (C=O) groups excluding carboxylic acids is 1. The topological polar surface area (TPSA) is 75.3 Å². The van der Waals surface area contributed by atoms with Crippen molar-refractivity contribution in [2.24, 2.45) is 5.41 Å². The summed E-state index contributed by atoms with van der Waals surface area (Å²) in [5, 5.41) is 0. The predicted molar refractivity (Wildman–Crippen MR) is 107 cm³/mol. The van der Waals surface area contributed by atoms with Crippen molar-refractivity contribution in [3.63, 3.8) is 0 Å². The van der Waals surface area contributed by atoms with E-state index in [1.807, 2.05) is 39.8 Å². The molecule has 1 rings (SSSR count). The van der Waals surface area contributed by atoms with Crippen molar-refractivity contribution in [2.75, 3.05) is 0 Å². The highest BCUT2D eigenvalue weighted by Gasteiger charge is 2.29. The number of hydrogen-bond acceptors (Lipinski definition) is 3. The maximum Gasteiger partial charge on any atom is 0.257 e. The summed E-state index contributed by atoms with van der Waals surface area (Å²) >= 11 is 0. The molecule has 0 saturated heterocycles. The Hall–Kier alpha value is -1.40. The van der Waals surface area contributed by atoms with E-state index in [0.29, 0.717) is 5.92 Å². The van der Waals surface area contributed by atoms with Gasteiger partial charge in [0.15, 0.2) is 0 Å². The fraction of sp³-hybridized carbons (Fsp3) is 0.650. The van der Waals surface area contributed by atoms with Gasteiger partial charge < -0.3 is 0 Å². The molecule has 0 spiro atoms. The van der Waals surface area contributed by atoms with Crippen LogP contribution in [0.1, 0.15) is 96.8 Å². The van der Waals surface area contributed by atoms with Crippen molar-refractivity contribution >= 4 is 15.9 Å². The van der Waals surface area contributed by atoms with E-state index >= 15 is 0 Å². The zero-order chi connectivity index (χ0) is 20.4. The van der Waals surface area contributed by atoms with Gasteiger partial charge in [-0.25, -0.2) is 8.42 Å². The normalized spacial score (nSPS) is 12.9. The first-order chi connectivity index (χ1) is 11.7. The Morgan fingerprint density at radius 1 is 0.885 bits per heavy atom. The minimum atomic E-state index is -3.89. The SMILES string of the molecule is CC(C)c1cc(C(C)C)c(S(=O)(=O)NNC(=O)C(C)(C)C)c(C(C)C)c1. The lowest BCUT2D eigenvalue weighted by Crippen LogP contribution is -2.47. The third-order valence-corrected chi connectivity index (χ3v) is 5.71. The number of carbonyl (C=O) groups is 1. The standard InChI is InChI=1S/C20H34N2O3S/c1-12(2)15-10-16(13(3)4)18(17(11-15)14(5)6)26(24,25)22-21-19(23)20(7,8)9/h10-14,22H,1-9H3,(H,21,23). The first kappa shape index (κ1) is 22.6. The molecule has 0 bridgehead atoms. The van der Waals surface area contributed by atoms with Crippen LogP contribution < -0.4 is 10.3 Å². The minimum Gasteiger partial charge on any atom is -0.277 e. The molecule has 0 aromatic heterocycles. The van der Waals surface area contributed by atoms with Crippen LogP contribution >= 0.6 is 0 Å². The van der Waals surface area contributed by atoms with Gasteiger partial charge in [0.1, 0.15) is 0 Å². The minimum absolute atomic E-state index is 0.0380. The van der Waals surface area contributed by atoms with Crippen LogP contribution in [0.25, 0.3) is 0 Å². The molecule has 5 nitrogen and oxygen atoms in total. The number of hydrogen-bond donors (Lipinski definition) is 2. The summed E-state index contributed by atoms with van der Waals surface area (Å²) in [6.07, 6.45) is 0. The molecule has 1 aromatic carbocycles. The third-order valence-electron chi connectivity index (χ3n) is 4.33. The number of hydrazine groups is 1. The zero-order valence-electron chi connectivity index (χ0n) is 17.5. The van der Waals surface area contributed by atoms with Crippen LogP contribution in [0, 0.1) is 5.41 Å². The van der Waals surface area contributed by atoms with Crippen LogP contribution in [0.4, 0.5) is 0 Å². The van der Waals surface area contributed by atoms with E-state index < -0.39 is 15.4 Å². The summed E-state index contributed by atoms with van der Waals surface area (Å²) in [5.41, 5.74) is 4.34. The van der Waals surface area contributed by atoms with Gasteiger partial charge in [0.05, 0.1) is 4.90 Å². The Morgan fingerprint density at radius 3 is 1.62 bits per heavy atom. The monoisotopic (exact) mass is 382 g/mol. The van der Waals surface area contributed by atoms with Crippen LogP contribution in [0.2, 0.25) is 0 Å². The Morgan fingerprint density at radius 2 is 1.31 bits per heavy atom. The predicted octanol–water partition coefficient (Wildman–Crippen LogP) is 4.41. The highest BCUT2D eigenvalue weighted by Crippen LogP contribution is 2.34. The molecular formula is C20H34N2O3S. The van der Waals surface area contributed by atoms with E-state index in [9.17, 15) is 13.2 Å². The third kappa shape index (κ3) is 5.30. The van der Waals surface area contributed by atoms with Crippen LogP contribution in [0.3, 0.4) is 0 Å². The van der Waals surface area contributed by atoms with Gasteiger partial charge in [-0.15, -0.1) is 4.83 Å². The molecular weight excluding hydrogens is 348 g/mol. The van der Waals surface area contributed by atoms with E-state index in [1.54, 1.807) is 20.8 Å². The molecule has 0 heterocycles. The molecule has 26 heavy (non-hydrogen) atoms. The van der Waals surface area contributed by atoms with Crippen LogP contribution in [0.5, 0.6) is 0 Å². The lowest BCUT2D eigenvalue weighted by atomic mass is 9.89. The van der Waals surface area contributed by atoms with Crippen LogP contribution in [-0.2, 0) is 14.8 Å². The van der Waals surface area contributed by atoms with Gasteiger partial charge in [-0.2, -0.15) is 0 Å². The summed E-state index contributed by atoms with van der Waals surface area (Å²) in [6.45, 7) is 17.3. The fourth-order valence-corrected chi connectivity index (χ4v) is 4.09. The molecule has 0 unspecified atom stereocenters. The first-order valence-corrected chi connectivity index (χ1v) is 10.7. The molecule has 1 amide bonds. The summed E-state index contributed by atoms with van der Waals surface area (Å²) in [7, 11) is -3.89.